The SMILES string of the molecule is CC1CCN(CC(=O)NC2CCCC2)C(C(=O)O)C1. The van der Waals surface area contributed by atoms with E-state index in [2.05, 4.69) is 12.2 Å². The van der Waals surface area contributed by atoms with Crippen molar-refractivity contribution in [3.05, 3.63) is 0 Å². The van der Waals surface area contributed by atoms with Gasteiger partial charge in [0.1, 0.15) is 6.04 Å². The molecule has 0 spiro atoms. The van der Waals surface area contributed by atoms with Gasteiger partial charge in [0.2, 0.25) is 5.91 Å². The van der Waals surface area contributed by atoms with Gasteiger partial charge in [-0.1, -0.05) is 19.8 Å². The van der Waals surface area contributed by atoms with Crippen LogP contribution in [0.4, 0.5) is 0 Å². The van der Waals surface area contributed by atoms with E-state index in [1.165, 1.54) is 12.8 Å². The summed E-state index contributed by atoms with van der Waals surface area (Å²) in [6.07, 6.45) is 6.11. The van der Waals surface area contributed by atoms with Crippen LogP contribution in [0, 0.1) is 5.92 Å². The molecule has 0 bridgehead atoms. The van der Waals surface area contributed by atoms with Gasteiger partial charge in [-0.3, -0.25) is 14.5 Å². The second-order valence-electron chi connectivity index (χ2n) is 6.00. The number of rotatable bonds is 4. The number of hydrogen-bond acceptors (Lipinski definition) is 3. The Bertz CT molecular complexity index is 340. The molecule has 2 unspecified atom stereocenters. The van der Waals surface area contributed by atoms with Crippen molar-refractivity contribution in [1.29, 1.82) is 0 Å². The van der Waals surface area contributed by atoms with E-state index in [1.54, 1.807) is 0 Å². The molecular formula is C14H24N2O3. The molecule has 2 atom stereocenters. The number of likely N-dealkylation sites (tertiary alicyclic amines) is 1. The largest absolute Gasteiger partial charge is 0.480 e. The predicted octanol–water partition coefficient (Wildman–Crippen LogP) is 1.23. The van der Waals surface area contributed by atoms with E-state index in [9.17, 15) is 14.7 Å². The van der Waals surface area contributed by atoms with Crippen molar-refractivity contribution in [2.75, 3.05) is 13.1 Å². The number of carboxylic acid groups (broad SMARTS) is 1. The summed E-state index contributed by atoms with van der Waals surface area (Å²) in [4.78, 5) is 25.0. The summed E-state index contributed by atoms with van der Waals surface area (Å²) < 4.78 is 0. The first-order valence-corrected chi connectivity index (χ1v) is 7.32. The molecule has 0 aromatic heterocycles. The number of carboxylic acids is 1. The summed E-state index contributed by atoms with van der Waals surface area (Å²) in [6, 6.07) is -0.197. The topological polar surface area (TPSA) is 69.6 Å². The highest BCUT2D eigenvalue weighted by atomic mass is 16.4. The van der Waals surface area contributed by atoms with E-state index in [0.717, 1.165) is 19.3 Å². The van der Waals surface area contributed by atoms with Crippen LogP contribution in [0.2, 0.25) is 0 Å². The fourth-order valence-electron chi connectivity index (χ4n) is 3.16. The number of carbonyl (C=O) groups excluding carboxylic acids is 1. The van der Waals surface area contributed by atoms with E-state index in [0.29, 0.717) is 24.9 Å². The van der Waals surface area contributed by atoms with Gasteiger partial charge >= 0.3 is 5.97 Å². The molecule has 2 N–H and O–H groups in total. The van der Waals surface area contributed by atoms with Crippen LogP contribution in [-0.4, -0.2) is 47.1 Å². The Hall–Kier alpha value is -1.10. The highest BCUT2D eigenvalue weighted by Crippen LogP contribution is 2.22. The normalized spacial score (nSPS) is 29.3. The monoisotopic (exact) mass is 268 g/mol. The molecular weight excluding hydrogens is 244 g/mol. The van der Waals surface area contributed by atoms with Crippen molar-refractivity contribution in [3.63, 3.8) is 0 Å². The van der Waals surface area contributed by atoms with Gasteiger partial charge < -0.3 is 10.4 Å². The summed E-state index contributed by atoms with van der Waals surface area (Å²) in [5.41, 5.74) is 0. The Kier molecular flexibility index (Phi) is 4.80. The zero-order valence-corrected chi connectivity index (χ0v) is 11.6. The standard InChI is InChI=1S/C14H24N2O3/c1-10-6-7-16(12(8-10)14(18)19)9-13(17)15-11-4-2-3-5-11/h10-12H,2-9H2,1H3,(H,15,17)(H,18,19). The summed E-state index contributed by atoms with van der Waals surface area (Å²) in [5.74, 6) is -0.400. The summed E-state index contributed by atoms with van der Waals surface area (Å²) in [5, 5.41) is 12.3. The molecule has 2 rings (SSSR count). The minimum atomic E-state index is -0.805. The molecule has 0 radical (unpaired) electrons. The molecule has 1 amide bonds. The molecule has 1 saturated heterocycles. The number of hydrogen-bond donors (Lipinski definition) is 2. The zero-order chi connectivity index (χ0) is 13.8. The van der Waals surface area contributed by atoms with Crippen molar-refractivity contribution in [3.8, 4) is 0 Å². The van der Waals surface area contributed by atoms with Gasteiger partial charge in [0.05, 0.1) is 6.54 Å². The maximum Gasteiger partial charge on any atom is 0.320 e. The lowest BCUT2D eigenvalue weighted by Gasteiger charge is -2.35. The summed E-state index contributed by atoms with van der Waals surface area (Å²) in [7, 11) is 0. The summed E-state index contributed by atoms with van der Waals surface area (Å²) in [6.45, 7) is 3.00. The smallest absolute Gasteiger partial charge is 0.320 e. The predicted molar refractivity (Wildman–Crippen MR) is 71.8 cm³/mol. The molecule has 1 aliphatic carbocycles. The van der Waals surface area contributed by atoms with Crippen LogP contribution in [0.1, 0.15) is 45.4 Å². The van der Waals surface area contributed by atoms with Crippen molar-refractivity contribution in [2.24, 2.45) is 5.92 Å². The Morgan fingerprint density at radius 1 is 1.26 bits per heavy atom. The first kappa shape index (κ1) is 14.3. The number of piperidine rings is 1. The highest BCUT2D eigenvalue weighted by molar-refractivity contribution is 5.80. The van der Waals surface area contributed by atoms with Gasteiger partial charge in [0, 0.05) is 6.04 Å². The molecule has 0 aromatic carbocycles. The lowest BCUT2D eigenvalue weighted by atomic mass is 9.92. The Labute approximate surface area is 114 Å². The second kappa shape index (κ2) is 6.37. The molecule has 108 valence electrons. The van der Waals surface area contributed by atoms with Crippen LogP contribution in [0.15, 0.2) is 0 Å². The third-order valence-corrected chi connectivity index (χ3v) is 4.33. The van der Waals surface area contributed by atoms with E-state index >= 15 is 0 Å². The van der Waals surface area contributed by atoms with Gasteiger partial charge in [0.25, 0.3) is 0 Å². The van der Waals surface area contributed by atoms with E-state index < -0.39 is 12.0 Å². The number of nitrogens with one attached hydrogen (secondary N) is 1. The molecule has 5 nitrogen and oxygen atoms in total. The molecule has 2 aliphatic rings. The Balaban J connectivity index is 1.85. The van der Waals surface area contributed by atoms with Crippen molar-refractivity contribution >= 4 is 11.9 Å². The van der Waals surface area contributed by atoms with Crippen molar-refractivity contribution < 1.29 is 14.7 Å². The zero-order valence-electron chi connectivity index (χ0n) is 11.6. The maximum atomic E-state index is 12.0. The first-order chi connectivity index (χ1) is 9.06. The van der Waals surface area contributed by atoms with Gasteiger partial charge in [-0.05, 0) is 38.1 Å². The van der Waals surface area contributed by atoms with Crippen LogP contribution < -0.4 is 5.32 Å². The van der Waals surface area contributed by atoms with E-state index in [1.807, 2.05) is 4.90 Å². The van der Waals surface area contributed by atoms with Crippen LogP contribution in [-0.2, 0) is 9.59 Å². The number of amides is 1. The van der Waals surface area contributed by atoms with Gasteiger partial charge in [0.15, 0.2) is 0 Å². The average molecular weight is 268 g/mol. The molecule has 5 heteroatoms. The van der Waals surface area contributed by atoms with Crippen molar-refractivity contribution in [1.82, 2.24) is 10.2 Å². The lowest BCUT2D eigenvalue weighted by Crippen LogP contribution is -2.51. The maximum absolute atomic E-state index is 12.0. The third kappa shape index (κ3) is 3.93. The quantitative estimate of drug-likeness (QED) is 0.804. The second-order valence-corrected chi connectivity index (χ2v) is 6.00. The fraction of sp³-hybridized carbons (Fsp3) is 0.857. The Morgan fingerprint density at radius 2 is 1.95 bits per heavy atom. The number of aliphatic carboxylic acids is 1. The highest BCUT2D eigenvalue weighted by Gasteiger charge is 2.33. The average Bonchev–Trinajstić information content (AvgIpc) is 2.83. The lowest BCUT2D eigenvalue weighted by molar-refractivity contribution is -0.146. The first-order valence-electron chi connectivity index (χ1n) is 7.32. The van der Waals surface area contributed by atoms with Crippen LogP contribution in [0.5, 0.6) is 0 Å². The number of nitrogens with zero attached hydrogens (tertiary/aromatic N) is 1. The van der Waals surface area contributed by atoms with Gasteiger partial charge in [-0.2, -0.15) is 0 Å². The minimum Gasteiger partial charge on any atom is -0.480 e. The fourth-order valence-corrected chi connectivity index (χ4v) is 3.16. The molecule has 0 aromatic rings. The summed E-state index contributed by atoms with van der Waals surface area (Å²) >= 11 is 0. The molecule has 19 heavy (non-hydrogen) atoms. The van der Waals surface area contributed by atoms with E-state index in [4.69, 9.17) is 0 Å². The minimum absolute atomic E-state index is 0.0206. The molecule has 1 saturated carbocycles. The van der Waals surface area contributed by atoms with Crippen molar-refractivity contribution in [2.45, 2.75) is 57.5 Å². The molecule has 1 aliphatic heterocycles. The van der Waals surface area contributed by atoms with Gasteiger partial charge in [-0.25, -0.2) is 0 Å². The van der Waals surface area contributed by atoms with E-state index in [-0.39, 0.29) is 12.5 Å². The third-order valence-electron chi connectivity index (χ3n) is 4.33. The number of carbonyl (C=O) groups is 2. The van der Waals surface area contributed by atoms with Crippen LogP contribution >= 0.6 is 0 Å². The van der Waals surface area contributed by atoms with Crippen LogP contribution in [0.3, 0.4) is 0 Å². The molecule has 1 heterocycles. The van der Waals surface area contributed by atoms with Crippen LogP contribution in [0.25, 0.3) is 0 Å². The Morgan fingerprint density at radius 3 is 2.58 bits per heavy atom. The van der Waals surface area contributed by atoms with Gasteiger partial charge in [-0.15, -0.1) is 0 Å². The molecule has 2 fully saturated rings.